The van der Waals surface area contributed by atoms with Crippen molar-refractivity contribution in [3.8, 4) is 11.3 Å². The molecule has 0 unspecified atom stereocenters. The minimum Gasteiger partial charge on any atom is -0.478 e. The van der Waals surface area contributed by atoms with Crippen molar-refractivity contribution in [3.05, 3.63) is 47.4 Å². The summed E-state index contributed by atoms with van der Waals surface area (Å²) in [7, 11) is 0. The van der Waals surface area contributed by atoms with Gasteiger partial charge in [0.2, 0.25) is 0 Å². The van der Waals surface area contributed by atoms with Crippen molar-refractivity contribution in [2.24, 2.45) is 0 Å². The first-order valence-corrected chi connectivity index (χ1v) is 6.16. The van der Waals surface area contributed by atoms with E-state index >= 15 is 0 Å². The highest BCUT2D eigenvalue weighted by Gasteiger charge is 2.10. The highest BCUT2D eigenvalue weighted by molar-refractivity contribution is 5.88. The molecule has 1 aromatic heterocycles. The van der Waals surface area contributed by atoms with Gasteiger partial charge in [0.1, 0.15) is 0 Å². The summed E-state index contributed by atoms with van der Waals surface area (Å²) in [5.74, 6) is -0.615. The van der Waals surface area contributed by atoms with Crippen molar-refractivity contribution in [3.63, 3.8) is 0 Å². The molecule has 4 nitrogen and oxygen atoms in total. The Balaban J connectivity index is 2.45. The lowest BCUT2D eigenvalue weighted by molar-refractivity contribution is 0.0697. The molecular formula is C15H16N2O2. The van der Waals surface area contributed by atoms with Crippen molar-refractivity contribution in [1.82, 2.24) is 9.97 Å². The number of benzene rings is 1. The fourth-order valence-corrected chi connectivity index (χ4v) is 1.79. The van der Waals surface area contributed by atoms with Gasteiger partial charge >= 0.3 is 5.97 Å². The average Bonchev–Trinajstić information content (AvgIpc) is 2.39. The van der Waals surface area contributed by atoms with E-state index in [2.05, 4.69) is 23.8 Å². The van der Waals surface area contributed by atoms with E-state index < -0.39 is 5.97 Å². The molecule has 0 aliphatic rings. The molecule has 19 heavy (non-hydrogen) atoms. The van der Waals surface area contributed by atoms with Crippen molar-refractivity contribution in [2.75, 3.05) is 0 Å². The van der Waals surface area contributed by atoms with Gasteiger partial charge in [-0.2, -0.15) is 0 Å². The fraction of sp³-hybridized carbons (Fsp3) is 0.267. The molecule has 4 heteroatoms. The predicted molar refractivity (Wildman–Crippen MR) is 73.3 cm³/mol. The highest BCUT2D eigenvalue weighted by Crippen LogP contribution is 2.22. The monoisotopic (exact) mass is 256 g/mol. The maximum atomic E-state index is 10.8. The van der Waals surface area contributed by atoms with E-state index in [1.807, 2.05) is 6.92 Å². The van der Waals surface area contributed by atoms with Gasteiger partial charge < -0.3 is 5.11 Å². The number of carboxylic acids is 1. The standard InChI is InChI=1S/C15H16N2O2/c1-9(2)13-8-16-10(3)14(17-13)11-4-6-12(7-5-11)15(18)19/h4-9H,1-3H3,(H,18,19). The summed E-state index contributed by atoms with van der Waals surface area (Å²) in [4.78, 5) is 19.8. The van der Waals surface area contributed by atoms with Gasteiger partial charge in [0.05, 0.1) is 22.6 Å². The number of carboxylic acid groups (broad SMARTS) is 1. The Morgan fingerprint density at radius 2 is 1.84 bits per heavy atom. The summed E-state index contributed by atoms with van der Waals surface area (Å²) in [6.07, 6.45) is 1.79. The van der Waals surface area contributed by atoms with Gasteiger partial charge in [-0.3, -0.25) is 4.98 Å². The molecule has 1 heterocycles. The van der Waals surface area contributed by atoms with Crippen LogP contribution < -0.4 is 0 Å². The van der Waals surface area contributed by atoms with Crippen LogP contribution in [0, 0.1) is 6.92 Å². The van der Waals surface area contributed by atoms with Gasteiger partial charge in [-0.05, 0) is 25.0 Å². The number of hydrogen-bond acceptors (Lipinski definition) is 3. The zero-order valence-electron chi connectivity index (χ0n) is 11.2. The summed E-state index contributed by atoms with van der Waals surface area (Å²) >= 11 is 0. The first kappa shape index (κ1) is 13.2. The van der Waals surface area contributed by atoms with Gasteiger partial charge in [-0.25, -0.2) is 9.78 Å². The molecule has 0 fully saturated rings. The molecule has 2 aromatic rings. The van der Waals surface area contributed by atoms with Crippen LogP contribution in [0.1, 0.15) is 41.5 Å². The molecule has 1 N–H and O–H groups in total. The lowest BCUT2D eigenvalue weighted by Gasteiger charge is -2.09. The second kappa shape index (κ2) is 5.18. The van der Waals surface area contributed by atoms with E-state index in [9.17, 15) is 4.79 Å². The van der Waals surface area contributed by atoms with Crippen LogP contribution in [0.5, 0.6) is 0 Å². The first-order valence-electron chi connectivity index (χ1n) is 6.16. The van der Waals surface area contributed by atoms with Crippen LogP contribution in [-0.2, 0) is 0 Å². The first-order chi connectivity index (χ1) is 8.99. The van der Waals surface area contributed by atoms with Gasteiger partial charge in [0, 0.05) is 11.8 Å². The zero-order valence-corrected chi connectivity index (χ0v) is 11.2. The number of rotatable bonds is 3. The Labute approximate surface area is 112 Å². The van der Waals surface area contributed by atoms with Crippen LogP contribution in [0.25, 0.3) is 11.3 Å². The lowest BCUT2D eigenvalue weighted by Crippen LogP contribution is -2.00. The van der Waals surface area contributed by atoms with Crippen molar-refractivity contribution in [1.29, 1.82) is 0 Å². The zero-order chi connectivity index (χ0) is 14.0. The Hall–Kier alpha value is -2.23. The lowest BCUT2D eigenvalue weighted by atomic mass is 10.1. The smallest absolute Gasteiger partial charge is 0.335 e. The Kier molecular flexibility index (Phi) is 3.60. The molecule has 0 saturated heterocycles. The molecule has 0 spiro atoms. The number of carbonyl (C=O) groups is 1. The molecule has 98 valence electrons. The summed E-state index contributed by atoms with van der Waals surface area (Å²) < 4.78 is 0. The Morgan fingerprint density at radius 1 is 1.21 bits per heavy atom. The minimum absolute atomic E-state index is 0.273. The number of aryl methyl sites for hydroxylation is 1. The van der Waals surface area contributed by atoms with Gasteiger partial charge in [-0.1, -0.05) is 26.0 Å². The van der Waals surface area contributed by atoms with E-state index in [-0.39, 0.29) is 5.56 Å². The summed E-state index contributed by atoms with van der Waals surface area (Å²) in [5.41, 5.74) is 3.74. The van der Waals surface area contributed by atoms with Crippen LogP contribution in [0.4, 0.5) is 0 Å². The van der Waals surface area contributed by atoms with Crippen LogP contribution in [-0.4, -0.2) is 21.0 Å². The molecule has 2 rings (SSSR count). The third-order valence-corrected chi connectivity index (χ3v) is 2.97. The third kappa shape index (κ3) is 2.78. The fourth-order valence-electron chi connectivity index (χ4n) is 1.79. The van der Waals surface area contributed by atoms with Crippen LogP contribution in [0.2, 0.25) is 0 Å². The largest absolute Gasteiger partial charge is 0.478 e. The number of aromatic carboxylic acids is 1. The molecular weight excluding hydrogens is 240 g/mol. The topological polar surface area (TPSA) is 63.1 Å². The van der Waals surface area contributed by atoms with E-state index in [0.717, 1.165) is 22.6 Å². The summed E-state index contributed by atoms with van der Waals surface area (Å²) in [6, 6.07) is 6.71. The molecule has 0 bridgehead atoms. The van der Waals surface area contributed by atoms with Crippen molar-refractivity contribution in [2.45, 2.75) is 26.7 Å². The van der Waals surface area contributed by atoms with Crippen LogP contribution in [0.15, 0.2) is 30.5 Å². The maximum Gasteiger partial charge on any atom is 0.335 e. The van der Waals surface area contributed by atoms with Crippen molar-refractivity contribution < 1.29 is 9.90 Å². The van der Waals surface area contributed by atoms with Gasteiger partial charge in [0.15, 0.2) is 0 Å². The second-order valence-corrected chi connectivity index (χ2v) is 4.77. The quantitative estimate of drug-likeness (QED) is 0.915. The molecule has 0 aliphatic carbocycles. The highest BCUT2D eigenvalue weighted by atomic mass is 16.4. The molecule has 0 aliphatic heterocycles. The van der Waals surface area contributed by atoms with E-state index in [0.29, 0.717) is 5.92 Å². The second-order valence-electron chi connectivity index (χ2n) is 4.77. The third-order valence-electron chi connectivity index (χ3n) is 2.97. The molecule has 0 saturated carbocycles. The summed E-state index contributed by atoms with van der Waals surface area (Å²) in [6.45, 7) is 6.03. The average molecular weight is 256 g/mol. The Bertz CT molecular complexity index is 604. The van der Waals surface area contributed by atoms with E-state index in [4.69, 9.17) is 5.11 Å². The van der Waals surface area contributed by atoms with Crippen LogP contribution >= 0.6 is 0 Å². The number of nitrogens with zero attached hydrogens (tertiary/aromatic N) is 2. The number of aromatic nitrogens is 2. The SMILES string of the molecule is Cc1ncc(C(C)C)nc1-c1ccc(C(=O)O)cc1. The van der Waals surface area contributed by atoms with Gasteiger partial charge in [0.25, 0.3) is 0 Å². The van der Waals surface area contributed by atoms with E-state index in [1.165, 1.54) is 0 Å². The van der Waals surface area contributed by atoms with Crippen LogP contribution in [0.3, 0.4) is 0 Å². The minimum atomic E-state index is -0.926. The molecule has 1 aromatic carbocycles. The maximum absolute atomic E-state index is 10.8. The normalized spacial score (nSPS) is 10.7. The Morgan fingerprint density at radius 3 is 2.37 bits per heavy atom. The van der Waals surface area contributed by atoms with Crippen molar-refractivity contribution >= 4 is 5.97 Å². The van der Waals surface area contributed by atoms with E-state index in [1.54, 1.807) is 30.5 Å². The summed E-state index contributed by atoms with van der Waals surface area (Å²) in [5, 5.41) is 8.89. The molecule has 0 radical (unpaired) electrons. The predicted octanol–water partition coefficient (Wildman–Crippen LogP) is 3.27. The number of hydrogen-bond donors (Lipinski definition) is 1. The van der Waals surface area contributed by atoms with Gasteiger partial charge in [-0.15, -0.1) is 0 Å². The molecule has 0 amide bonds. The molecule has 0 atom stereocenters.